The molecule has 0 unspecified atom stereocenters. The van der Waals surface area contributed by atoms with Crippen LogP contribution in [-0.4, -0.2) is 18.4 Å². The number of aromatic nitrogens is 2. The Bertz CT molecular complexity index is 1640. The van der Waals surface area contributed by atoms with Crippen molar-refractivity contribution in [3.63, 3.8) is 0 Å². The van der Waals surface area contributed by atoms with Crippen LogP contribution in [0.4, 0.5) is 17.3 Å². The molecule has 5 aromatic rings. The highest BCUT2D eigenvalue weighted by Gasteiger charge is 2.19. The summed E-state index contributed by atoms with van der Waals surface area (Å²) in [6.07, 6.45) is 0. The van der Waals surface area contributed by atoms with Crippen LogP contribution in [0.15, 0.2) is 102 Å². The SMILES string of the molecule is Cc1ccc(S(=O)(=O)Nc2nc3ccccc3nc2Nc2ccc(Oc3ccccc3)cc2)cc1C. The molecule has 0 saturated carbocycles. The number of anilines is 3. The van der Waals surface area contributed by atoms with E-state index in [1.165, 1.54) is 0 Å². The van der Waals surface area contributed by atoms with Gasteiger partial charge in [-0.1, -0.05) is 36.4 Å². The molecule has 0 aliphatic heterocycles. The molecule has 0 aliphatic rings. The average Bonchev–Trinajstić information content (AvgIpc) is 2.87. The second kappa shape index (κ2) is 9.67. The Morgan fingerprint density at radius 3 is 1.94 bits per heavy atom. The topological polar surface area (TPSA) is 93.2 Å². The lowest BCUT2D eigenvalue weighted by atomic mass is 10.1. The first kappa shape index (κ1) is 23.3. The van der Waals surface area contributed by atoms with Gasteiger partial charge in [-0.2, -0.15) is 0 Å². The van der Waals surface area contributed by atoms with Gasteiger partial charge in [0.25, 0.3) is 10.0 Å². The van der Waals surface area contributed by atoms with E-state index in [1.807, 2.05) is 86.6 Å². The number of hydrogen-bond donors (Lipinski definition) is 2. The van der Waals surface area contributed by atoms with E-state index < -0.39 is 10.0 Å². The molecule has 0 fully saturated rings. The summed E-state index contributed by atoms with van der Waals surface area (Å²) in [4.78, 5) is 9.35. The van der Waals surface area contributed by atoms with Crippen molar-refractivity contribution in [1.29, 1.82) is 0 Å². The van der Waals surface area contributed by atoms with Gasteiger partial charge in [0.05, 0.1) is 15.9 Å². The third kappa shape index (κ3) is 5.13. The Balaban J connectivity index is 1.46. The van der Waals surface area contributed by atoms with Gasteiger partial charge in [0.1, 0.15) is 11.5 Å². The molecule has 4 aromatic carbocycles. The van der Waals surface area contributed by atoms with Crippen molar-refractivity contribution in [2.24, 2.45) is 0 Å². The Labute approximate surface area is 209 Å². The summed E-state index contributed by atoms with van der Waals surface area (Å²) in [6.45, 7) is 3.81. The summed E-state index contributed by atoms with van der Waals surface area (Å²) < 4.78 is 34.9. The summed E-state index contributed by atoms with van der Waals surface area (Å²) in [5.41, 5.74) is 3.82. The summed E-state index contributed by atoms with van der Waals surface area (Å²) in [6, 6.07) is 29.1. The summed E-state index contributed by atoms with van der Waals surface area (Å²) in [5.74, 6) is 1.81. The molecule has 7 nitrogen and oxygen atoms in total. The quantitative estimate of drug-likeness (QED) is 0.264. The molecule has 36 heavy (non-hydrogen) atoms. The number of aryl methyl sites for hydroxylation is 2. The highest BCUT2D eigenvalue weighted by atomic mass is 32.2. The minimum atomic E-state index is -3.89. The molecule has 8 heteroatoms. The largest absolute Gasteiger partial charge is 0.457 e. The van der Waals surface area contributed by atoms with Gasteiger partial charge in [0.2, 0.25) is 0 Å². The van der Waals surface area contributed by atoms with Gasteiger partial charge in [-0.05, 0) is 85.6 Å². The zero-order valence-electron chi connectivity index (χ0n) is 19.8. The van der Waals surface area contributed by atoms with Crippen molar-refractivity contribution in [1.82, 2.24) is 9.97 Å². The maximum atomic E-state index is 13.2. The lowest BCUT2D eigenvalue weighted by Crippen LogP contribution is -2.16. The standard InChI is InChI=1S/C28H24N4O3S/c1-19-12-17-24(18-20(19)2)36(33,34)32-28-27(30-25-10-6-7-11-26(25)31-28)29-21-13-15-23(16-14-21)35-22-8-4-3-5-9-22/h3-18H,1-2H3,(H,29,30)(H,31,32). The zero-order chi connectivity index (χ0) is 25.1. The van der Waals surface area contributed by atoms with E-state index in [1.54, 1.807) is 24.3 Å². The van der Waals surface area contributed by atoms with Crippen molar-refractivity contribution in [2.45, 2.75) is 18.7 Å². The molecule has 0 spiro atoms. The van der Waals surface area contributed by atoms with E-state index in [-0.39, 0.29) is 16.5 Å². The summed E-state index contributed by atoms with van der Waals surface area (Å²) in [7, 11) is -3.89. The number of rotatable bonds is 7. The number of ether oxygens (including phenoxy) is 1. The molecule has 0 atom stereocenters. The van der Waals surface area contributed by atoms with Gasteiger partial charge in [-0.25, -0.2) is 18.4 Å². The molecule has 1 aromatic heterocycles. The van der Waals surface area contributed by atoms with Crippen LogP contribution in [0.25, 0.3) is 11.0 Å². The smallest absolute Gasteiger partial charge is 0.263 e. The molecular formula is C28H24N4O3S. The number of hydrogen-bond acceptors (Lipinski definition) is 6. The van der Waals surface area contributed by atoms with Crippen LogP contribution >= 0.6 is 0 Å². The molecule has 0 amide bonds. The maximum Gasteiger partial charge on any atom is 0.263 e. The number of nitrogens with one attached hydrogen (secondary N) is 2. The zero-order valence-corrected chi connectivity index (χ0v) is 20.6. The molecule has 0 radical (unpaired) electrons. The van der Waals surface area contributed by atoms with Gasteiger partial charge < -0.3 is 10.1 Å². The fraction of sp³-hybridized carbons (Fsp3) is 0.0714. The first-order valence-corrected chi connectivity index (χ1v) is 12.8. The molecular weight excluding hydrogens is 472 g/mol. The number of nitrogens with zero attached hydrogens (tertiary/aromatic N) is 2. The number of para-hydroxylation sites is 3. The molecule has 0 bridgehead atoms. The summed E-state index contributed by atoms with van der Waals surface area (Å²) in [5, 5.41) is 3.19. The fourth-order valence-corrected chi connectivity index (χ4v) is 4.69. The lowest BCUT2D eigenvalue weighted by Gasteiger charge is -2.15. The Morgan fingerprint density at radius 1 is 0.667 bits per heavy atom. The van der Waals surface area contributed by atoms with E-state index >= 15 is 0 Å². The van der Waals surface area contributed by atoms with E-state index in [0.29, 0.717) is 22.5 Å². The molecule has 1 heterocycles. The highest BCUT2D eigenvalue weighted by molar-refractivity contribution is 7.92. The van der Waals surface area contributed by atoms with Gasteiger partial charge in [-0.3, -0.25) is 4.72 Å². The number of benzene rings is 4. The second-order valence-electron chi connectivity index (χ2n) is 8.33. The average molecular weight is 497 g/mol. The first-order valence-electron chi connectivity index (χ1n) is 11.3. The molecule has 5 rings (SSSR count). The Hall–Kier alpha value is -4.43. The Kier molecular flexibility index (Phi) is 6.26. The second-order valence-corrected chi connectivity index (χ2v) is 10.0. The number of sulfonamides is 1. The lowest BCUT2D eigenvalue weighted by molar-refractivity contribution is 0.483. The van der Waals surface area contributed by atoms with Crippen LogP contribution in [0.5, 0.6) is 11.5 Å². The van der Waals surface area contributed by atoms with E-state index in [2.05, 4.69) is 20.0 Å². The minimum absolute atomic E-state index is 0.108. The van der Waals surface area contributed by atoms with E-state index in [4.69, 9.17) is 4.74 Å². The van der Waals surface area contributed by atoms with Gasteiger partial charge in [-0.15, -0.1) is 0 Å². The molecule has 2 N–H and O–H groups in total. The van der Waals surface area contributed by atoms with Crippen LogP contribution in [0.2, 0.25) is 0 Å². The van der Waals surface area contributed by atoms with Gasteiger partial charge in [0, 0.05) is 5.69 Å². The number of fused-ring (bicyclic) bond motifs is 1. The highest BCUT2D eigenvalue weighted by Crippen LogP contribution is 2.29. The van der Waals surface area contributed by atoms with Crippen molar-refractivity contribution < 1.29 is 13.2 Å². The molecule has 180 valence electrons. The van der Waals surface area contributed by atoms with Crippen LogP contribution in [0, 0.1) is 13.8 Å². The maximum absolute atomic E-state index is 13.2. The predicted molar refractivity (Wildman–Crippen MR) is 143 cm³/mol. The molecule has 0 aliphatic carbocycles. The van der Waals surface area contributed by atoms with Crippen molar-refractivity contribution in [3.8, 4) is 11.5 Å². The normalized spacial score (nSPS) is 11.3. The third-order valence-electron chi connectivity index (χ3n) is 5.69. The summed E-state index contributed by atoms with van der Waals surface area (Å²) >= 11 is 0. The Morgan fingerprint density at radius 2 is 1.28 bits per heavy atom. The van der Waals surface area contributed by atoms with Gasteiger partial charge in [0.15, 0.2) is 11.6 Å². The molecule has 0 saturated heterocycles. The van der Waals surface area contributed by atoms with Crippen molar-refractivity contribution in [3.05, 3.63) is 108 Å². The van der Waals surface area contributed by atoms with E-state index in [9.17, 15) is 8.42 Å². The van der Waals surface area contributed by atoms with Crippen LogP contribution < -0.4 is 14.8 Å². The predicted octanol–water partition coefficient (Wildman–Crippen LogP) is 6.58. The first-order chi connectivity index (χ1) is 17.4. The minimum Gasteiger partial charge on any atom is -0.457 e. The third-order valence-corrected chi connectivity index (χ3v) is 7.02. The monoisotopic (exact) mass is 496 g/mol. The van der Waals surface area contributed by atoms with Crippen LogP contribution in [-0.2, 0) is 10.0 Å². The van der Waals surface area contributed by atoms with E-state index in [0.717, 1.165) is 16.9 Å². The van der Waals surface area contributed by atoms with Crippen molar-refractivity contribution in [2.75, 3.05) is 10.0 Å². The fourth-order valence-electron chi connectivity index (χ4n) is 3.59. The van der Waals surface area contributed by atoms with Crippen LogP contribution in [0.3, 0.4) is 0 Å². The van der Waals surface area contributed by atoms with Gasteiger partial charge >= 0.3 is 0 Å². The van der Waals surface area contributed by atoms with Crippen molar-refractivity contribution >= 4 is 38.4 Å². The van der Waals surface area contributed by atoms with Crippen LogP contribution in [0.1, 0.15) is 11.1 Å².